The average molecular weight is 619 g/mol. The highest BCUT2D eigenvalue weighted by atomic mass is 16.5. The molecule has 2 saturated heterocycles. The molecule has 2 aromatic heterocycles. The first-order valence-electron chi connectivity index (χ1n) is 14.1. The van der Waals surface area contributed by atoms with Crippen molar-refractivity contribution in [3.8, 4) is 0 Å². The summed E-state index contributed by atoms with van der Waals surface area (Å²) in [7, 11) is 0. The number of hydrogen-bond acceptors (Lipinski definition) is 11. The predicted octanol–water partition coefficient (Wildman–Crippen LogP) is -1.00. The summed E-state index contributed by atoms with van der Waals surface area (Å²) in [5.74, 6) is 0. The molecule has 6 N–H and O–H groups in total. The minimum Gasteiger partial charge on any atom is -0.394 e. The van der Waals surface area contributed by atoms with Gasteiger partial charge in [-0.2, -0.15) is 0 Å². The molecule has 2 aliphatic heterocycles. The highest BCUT2D eigenvalue weighted by Crippen LogP contribution is 2.28. The van der Waals surface area contributed by atoms with Gasteiger partial charge in [-0.15, -0.1) is 0 Å². The minimum absolute atomic E-state index is 0.0299. The van der Waals surface area contributed by atoms with Crippen LogP contribution in [0.5, 0.6) is 0 Å². The molecule has 0 aliphatic carbocycles. The number of aliphatic hydroxyl groups is 4. The van der Waals surface area contributed by atoms with Gasteiger partial charge in [-0.3, -0.25) is 28.7 Å². The summed E-state index contributed by atoms with van der Waals surface area (Å²) in [6.45, 7) is 5.29. The van der Waals surface area contributed by atoms with Crippen molar-refractivity contribution < 1.29 is 34.6 Å². The van der Waals surface area contributed by atoms with E-state index in [9.17, 15) is 34.5 Å². The van der Waals surface area contributed by atoms with Crippen LogP contribution in [0.3, 0.4) is 0 Å². The lowest BCUT2D eigenvalue weighted by atomic mass is 10.0. The molecule has 0 saturated carbocycles. The molecule has 15 nitrogen and oxygen atoms in total. The maximum absolute atomic E-state index is 12.1. The fourth-order valence-electron chi connectivity index (χ4n) is 5.08. The number of aryl methyl sites for hydroxylation is 3. The van der Waals surface area contributed by atoms with E-state index in [1.54, 1.807) is 6.92 Å². The highest BCUT2D eigenvalue weighted by Gasteiger charge is 2.36. The number of ether oxygens (including phenoxy) is 3. The van der Waals surface area contributed by atoms with Crippen molar-refractivity contribution in [2.75, 3.05) is 13.2 Å². The first-order valence-corrected chi connectivity index (χ1v) is 14.1. The van der Waals surface area contributed by atoms with E-state index in [4.69, 9.17) is 19.3 Å². The van der Waals surface area contributed by atoms with Gasteiger partial charge in [-0.05, 0) is 37.5 Å². The summed E-state index contributed by atoms with van der Waals surface area (Å²) in [5.41, 5.74) is 1.77. The Balaban J connectivity index is 0.000000223. The third-order valence-corrected chi connectivity index (χ3v) is 7.72. The number of aromatic nitrogens is 4. The van der Waals surface area contributed by atoms with E-state index in [0.717, 1.165) is 16.7 Å². The molecular formula is C29H38N4O11. The summed E-state index contributed by atoms with van der Waals surface area (Å²) in [6, 6.07) is 5.97. The van der Waals surface area contributed by atoms with Crippen molar-refractivity contribution in [2.45, 2.75) is 83.7 Å². The van der Waals surface area contributed by atoms with Crippen LogP contribution in [0.2, 0.25) is 0 Å². The number of rotatable bonds is 8. The van der Waals surface area contributed by atoms with Crippen molar-refractivity contribution >= 4 is 0 Å². The summed E-state index contributed by atoms with van der Waals surface area (Å²) < 4.78 is 19.0. The smallest absolute Gasteiger partial charge is 0.330 e. The van der Waals surface area contributed by atoms with E-state index in [2.05, 4.69) is 9.97 Å². The Morgan fingerprint density at radius 3 is 1.77 bits per heavy atom. The maximum Gasteiger partial charge on any atom is 0.330 e. The van der Waals surface area contributed by atoms with Gasteiger partial charge in [0, 0.05) is 30.8 Å². The van der Waals surface area contributed by atoms with Gasteiger partial charge >= 0.3 is 11.4 Å². The Morgan fingerprint density at radius 1 is 0.773 bits per heavy atom. The number of benzene rings is 1. The van der Waals surface area contributed by atoms with Crippen LogP contribution in [0.4, 0.5) is 0 Å². The van der Waals surface area contributed by atoms with E-state index in [-0.39, 0.29) is 38.2 Å². The van der Waals surface area contributed by atoms with Crippen molar-refractivity contribution in [3.63, 3.8) is 0 Å². The van der Waals surface area contributed by atoms with Crippen molar-refractivity contribution in [1.29, 1.82) is 0 Å². The van der Waals surface area contributed by atoms with Crippen molar-refractivity contribution in [2.24, 2.45) is 0 Å². The molecule has 0 spiro atoms. The predicted molar refractivity (Wildman–Crippen MR) is 155 cm³/mol. The zero-order valence-corrected chi connectivity index (χ0v) is 24.6. The molecule has 0 radical (unpaired) electrons. The fourth-order valence-corrected chi connectivity index (χ4v) is 5.08. The quantitative estimate of drug-likeness (QED) is 0.180. The topological polar surface area (TPSA) is 218 Å². The van der Waals surface area contributed by atoms with Crippen LogP contribution in [-0.4, -0.2) is 77.2 Å². The zero-order chi connectivity index (χ0) is 32.1. The van der Waals surface area contributed by atoms with Gasteiger partial charge in [0.05, 0.1) is 44.2 Å². The summed E-state index contributed by atoms with van der Waals surface area (Å²) in [5, 5.41) is 37.5. The maximum atomic E-state index is 12.1. The summed E-state index contributed by atoms with van der Waals surface area (Å²) >= 11 is 0. The van der Waals surface area contributed by atoms with Gasteiger partial charge in [0.15, 0.2) is 0 Å². The largest absolute Gasteiger partial charge is 0.394 e. The highest BCUT2D eigenvalue weighted by molar-refractivity contribution is 5.32. The van der Waals surface area contributed by atoms with Crippen LogP contribution in [0.15, 0.2) is 49.8 Å². The van der Waals surface area contributed by atoms with Gasteiger partial charge in [-0.25, -0.2) is 9.59 Å². The molecule has 44 heavy (non-hydrogen) atoms. The van der Waals surface area contributed by atoms with Gasteiger partial charge in [0.2, 0.25) is 0 Å². The molecule has 0 unspecified atom stereocenters. The monoisotopic (exact) mass is 618 g/mol. The summed E-state index contributed by atoms with van der Waals surface area (Å²) in [4.78, 5) is 51.4. The van der Waals surface area contributed by atoms with Crippen molar-refractivity contribution in [1.82, 2.24) is 19.1 Å². The molecule has 2 aliphatic rings. The van der Waals surface area contributed by atoms with E-state index < -0.39 is 59.4 Å². The molecule has 240 valence electrons. The van der Waals surface area contributed by atoms with Crippen LogP contribution in [-0.2, 0) is 27.4 Å². The third kappa shape index (κ3) is 7.50. The van der Waals surface area contributed by atoms with Crippen LogP contribution in [0.1, 0.15) is 53.1 Å². The Hall–Kier alpha value is -3.70. The Labute approximate surface area is 250 Å². The van der Waals surface area contributed by atoms with E-state index in [0.29, 0.717) is 12.2 Å². The lowest BCUT2D eigenvalue weighted by molar-refractivity contribution is -0.0461. The molecular weight excluding hydrogens is 580 g/mol. The van der Waals surface area contributed by atoms with Crippen LogP contribution in [0.25, 0.3) is 0 Å². The Kier molecular flexibility index (Phi) is 10.9. The van der Waals surface area contributed by atoms with Gasteiger partial charge < -0.3 is 34.6 Å². The number of H-pyrrole nitrogens is 2. The number of hydrogen-bond donors (Lipinski definition) is 6. The zero-order valence-electron chi connectivity index (χ0n) is 24.6. The van der Waals surface area contributed by atoms with E-state index >= 15 is 0 Å². The molecule has 15 heteroatoms. The first-order chi connectivity index (χ1) is 20.9. The van der Waals surface area contributed by atoms with Gasteiger partial charge in [0.1, 0.15) is 24.7 Å². The number of nitrogens with zero attached hydrogens (tertiary/aromatic N) is 2. The van der Waals surface area contributed by atoms with Crippen LogP contribution in [0, 0.1) is 20.8 Å². The molecule has 6 atom stereocenters. The lowest BCUT2D eigenvalue weighted by Crippen LogP contribution is -2.34. The van der Waals surface area contributed by atoms with E-state index in [1.165, 1.54) is 21.5 Å². The summed E-state index contributed by atoms with van der Waals surface area (Å²) in [6.07, 6.45) is -1.41. The number of aromatic amines is 2. The molecule has 0 amide bonds. The second-order valence-corrected chi connectivity index (χ2v) is 10.9. The SMILES string of the molecule is Cc1cccc(C)c1COCc1cn([C@H]2C[C@@H](O)[C@@H](CO)O2)c(=O)[nH]c1=O.Cc1cn([C@H]2C[C@@H](O)[C@@H](CO)O2)c(=O)[nH]c1=O. The molecule has 4 heterocycles. The number of nitrogens with one attached hydrogen (secondary N) is 2. The standard InChI is InChI=1S/C19H24N2O6.C10H14N2O5/c1-11-4-3-5-12(2)14(11)10-26-9-13-7-21(19(25)20-18(13)24)17-6-15(23)16(8-22)27-17;1-5-3-12(10(16)11-9(5)15)8-2-6(14)7(4-13)17-8/h3-5,7,15-17,22-23H,6,8-10H2,1-2H3,(H,20,24,25);3,6-8,13-14H,2,4H2,1H3,(H,11,15,16)/t15-,16-,17-;6-,7-,8-/m11/s1. The molecule has 0 bridgehead atoms. The van der Waals surface area contributed by atoms with Crippen LogP contribution >= 0.6 is 0 Å². The van der Waals surface area contributed by atoms with Crippen molar-refractivity contribution in [3.05, 3.63) is 100 Å². The third-order valence-electron chi connectivity index (χ3n) is 7.72. The van der Waals surface area contributed by atoms with Gasteiger partial charge in [-0.1, -0.05) is 18.2 Å². The van der Waals surface area contributed by atoms with Gasteiger partial charge in [0.25, 0.3) is 11.1 Å². The lowest BCUT2D eigenvalue weighted by Gasteiger charge is -2.15. The molecule has 5 rings (SSSR count). The molecule has 1 aromatic carbocycles. The van der Waals surface area contributed by atoms with E-state index in [1.807, 2.05) is 32.0 Å². The average Bonchev–Trinajstić information content (AvgIpc) is 3.54. The normalized spacial score (nSPS) is 24.7. The Morgan fingerprint density at radius 2 is 1.27 bits per heavy atom. The fraction of sp³-hybridized carbons (Fsp3) is 0.517. The minimum atomic E-state index is -0.873. The second kappa shape index (κ2) is 14.4. The molecule has 2 fully saturated rings. The van der Waals surface area contributed by atoms with Crippen LogP contribution < -0.4 is 22.5 Å². The number of aliphatic hydroxyl groups excluding tert-OH is 4. The molecule has 3 aromatic rings. The first kappa shape index (κ1) is 33.2. The Bertz CT molecular complexity index is 1660. The second-order valence-electron chi connectivity index (χ2n) is 10.9.